The topological polar surface area (TPSA) is 26.0 Å². The molecule has 0 radical (unpaired) electrons. The monoisotopic (exact) mass is 261 g/mol. The van der Waals surface area contributed by atoms with Crippen LogP contribution in [0.1, 0.15) is 24.0 Å². The maximum Gasteiger partial charge on any atom is 0.0198 e. The van der Waals surface area contributed by atoms with Gasteiger partial charge in [-0.25, -0.2) is 0 Å². The molecule has 2 atom stereocenters. The molecular formula is C19H19N. The molecule has 2 aromatic carbocycles. The molecule has 1 aliphatic carbocycles. The Kier molecular flexibility index (Phi) is 3.42. The third kappa shape index (κ3) is 2.27. The third-order valence-corrected chi connectivity index (χ3v) is 4.08. The average molecular weight is 261 g/mol. The fourth-order valence-electron chi connectivity index (χ4n) is 2.86. The van der Waals surface area contributed by atoms with E-state index in [1.54, 1.807) is 0 Å². The minimum absolute atomic E-state index is 0.317. The largest absolute Gasteiger partial charge is 0.401 e. The van der Waals surface area contributed by atoms with Crippen molar-refractivity contribution in [1.29, 1.82) is 0 Å². The molecule has 0 fully saturated rings. The lowest BCUT2D eigenvalue weighted by molar-refractivity contribution is 0.595. The molecule has 2 aromatic rings. The van der Waals surface area contributed by atoms with E-state index < -0.39 is 0 Å². The number of rotatable bonds is 2. The van der Waals surface area contributed by atoms with Crippen molar-refractivity contribution in [3.05, 3.63) is 89.6 Å². The standard InChI is InChI=1S/C19H19N/c1-14-17(15-8-4-2-5-9-15)12-13-18(19(14)20)16-10-6-3-7-11-16/h2-14,17H,20H2,1H3. The van der Waals surface area contributed by atoms with Gasteiger partial charge >= 0.3 is 0 Å². The zero-order chi connectivity index (χ0) is 13.9. The van der Waals surface area contributed by atoms with Gasteiger partial charge in [0.2, 0.25) is 0 Å². The van der Waals surface area contributed by atoms with Crippen LogP contribution in [-0.4, -0.2) is 0 Å². The van der Waals surface area contributed by atoms with E-state index in [0.29, 0.717) is 11.8 Å². The number of nitrogens with two attached hydrogens (primary N) is 1. The molecule has 100 valence electrons. The molecular weight excluding hydrogens is 242 g/mol. The Morgan fingerprint density at radius 3 is 2.10 bits per heavy atom. The lowest BCUT2D eigenvalue weighted by Crippen LogP contribution is -2.20. The molecule has 3 rings (SSSR count). The van der Waals surface area contributed by atoms with Crippen molar-refractivity contribution in [3.63, 3.8) is 0 Å². The maximum atomic E-state index is 6.41. The Bertz CT molecular complexity index is 638. The van der Waals surface area contributed by atoms with Gasteiger partial charge in [-0.3, -0.25) is 0 Å². The fourth-order valence-corrected chi connectivity index (χ4v) is 2.86. The molecule has 1 heteroatoms. The summed E-state index contributed by atoms with van der Waals surface area (Å²) >= 11 is 0. The molecule has 2 N–H and O–H groups in total. The van der Waals surface area contributed by atoms with E-state index in [1.807, 2.05) is 6.07 Å². The maximum absolute atomic E-state index is 6.41. The van der Waals surface area contributed by atoms with Crippen molar-refractivity contribution in [3.8, 4) is 0 Å². The molecule has 0 aromatic heterocycles. The van der Waals surface area contributed by atoms with E-state index in [4.69, 9.17) is 5.73 Å². The predicted molar refractivity (Wildman–Crippen MR) is 85.0 cm³/mol. The van der Waals surface area contributed by atoms with Crippen LogP contribution in [0.5, 0.6) is 0 Å². The van der Waals surface area contributed by atoms with Gasteiger partial charge in [0.25, 0.3) is 0 Å². The van der Waals surface area contributed by atoms with Gasteiger partial charge in [0.1, 0.15) is 0 Å². The van der Waals surface area contributed by atoms with Crippen molar-refractivity contribution >= 4 is 5.57 Å². The second-order valence-corrected chi connectivity index (χ2v) is 5.32. The number of benzene rings is 2. The van der Waals surface area contributed by atoms with Crippen LogP contribution < -0.4 is 5.73 Å². The molecule has 0 spiro atoms. The molecule has 0 amide bonds. The van der Waals surface area contributed by atoms with Gasteiger partial charge in [-0.2, -0.15) is 0 Å². The highest BCUT2D eigenvalue weighted by atomic mass is 14.6. The highest BCUT2D eigenvalue weighted by Crippen LogP contribution is 2.37. The van der Waals surface area contributed by atoms with Crippen LogP contribution in [0, 0.1) is 5.92 Å². The highest BCUT2D eigenvalue weighted by Gasteiger charge is 2.24. The van der Waals surface area contributed by atoms with Gasteiger partial charge < -0.3 is 5.73 Å². The van der Waals surface area contributed by atoms with Crippen LogP contribution in [0.3, 0.4) is 0 Å². The minimum atomic E-state index is 0.317. The first-order chi connectivity index (χ1) is 9.77. The number of hydrogen-bond acceptors (Lipinski definition) is 1. The zero-order valence-corrected chi connectivity index (χ0v) is 11.7. The Morgan fingerprint density at radius 2 is 1.45 bits per heavy atom. The fraction of sp³-hybridized carbons (Fsp3) is 0.158. The Hall–Kier alpha value is -2.28. The second-order valence-electron chi connectivity index (χ2n) is 5.32. The van der Waals surface area contributed by atoms with Crippen molar-refractivity contribution in [2.75, 3.05) is 0 Å². The highest BCUT2D eigenvalue weighted by molar-refractivity contribution is 5.78. The molecule has 0 heterocycles. The molecule has 20 heavy (non-hydrogen) atoms. The van der Waals surface area contributed by atoms with Crippen molar-refractivity contribution in [1.82, 2.24) is 0 Å². The van der Waals surface area contributed by atoms with Crippen molar-refractivity contribution in [2.45, 2.75) is 12.8 Å². The van der Waals surface area contributed by atoms with Gasteiger partial charge in [-0.15, -0.1) is 0 Å². The van der Waals surface area contributed by atoms with E-state index in [2.05, 4.69) is 73.7 Å². The summed E-state index contributed by atoms with van der Waals surface area (Å²) < 4.78 is 0. The van der Waals surface area contributed by atoms with Gasteiger partial charge in [-0.1, -0.05) is 79.7 Å². The first-order valence-corrected chi connectivity index (χ1v) is 7.05. The van der Waals surface area contributed by atoms with Gasteiger partial charge in [-0.05, 0) is 11.1 Å². The molecule has 1 nitrogen and oxygen atoms in total. The van der Waals surface area contributed by atoms with Crippen LogP contribution in [-0.2, 0) is 0 Å². The number of allylic oxidation sites excluding steroid dienone is 4. The van der Waals surface area contributed by atoms with E-state index in [-0.39, 0.29) is 0 Å². The van der Waals surface area contributed by atoms with Crippen molar-refractivity contribution in [2.24, 2.45) is 11.7 Å². The Balaban J connectivity index is 1.96. The summed E-state index contributed by atoms with van der Waals surface area (Å²) in [4.78, 5) is 0. The molecule has 0 saturated heterocycles. The third-order valence-electron chi connectivity index (χ3n) is 4.08. The normalized spacial score (nSPS) is 22.1. The zero-order valence-electron chi connectivity index (χ0n) is 11.7. The molecule has 2 unspecified atom stereocenters. The Morgan fingerprint density at radius 1 is 0.850 bits per heavy atom. The van der Waals surface area contributed by atoms with E-state index in [1.165, 1.54) is 11.1 Å². The van der Waals surface area contributed by atoms with Gasteiger partial charge in [0.15, 0.2) is 0 Å². The molecule has 0 aliphatic heterocycles. The summed E-state index contributed by atoms with van der Waals surface area (Å²) in [6, 6.07) is 20.9. The van der Waals surface area contributed by atoms with Crippen LogP contribution in [0.4, 0.5) is 0 Å². The summed E-state index contributed by atoms with van der Waals surface area (Å²) in [6.45, 7) is 2.21. The van der Waals surface area contributed by atoms with Gasteiger partial charge in [0, 0.05) is 23.1 Å². The number of hydrogen-bond donors (Lipinski definition) is 1. The Labute approximate surface area is 120 Å². The summed E-state index contributed by atoms with van der Waals surface area (Å²) in [5.41, 5.74) is 11.1. The van der Waals surface area contributed by atoms with Crippen LogP contribution in [0.15, 0.2) is 78.5 Å². The van der Waals surface area contributed by atoms with E-state index in [0.717, 1.165) is 11.3 Å². The van der Waals surface area contributed by atoms with Crippen LogP contribution in [0.2, 0.25) is 0 Å². The lowest BCUT2D eigenvalue weighted by Gasteiger charge is -2.28. The SMILES string of the molecule is CC1C(N)=C(c2ccccc2)C=CC1c1ccccc1. The minimum Gasteiger partial charge on any atom is -0.401 e. The van der Waals surface area contributed by atoms with Gasteiger partial charge in [0.05, 0.1) is 0 Å². The van der Waals surface area contributed by atoms with Crippen molar-refractivity contribution < 1.29 is 0 Å². The lowest BCUT2D eigenvalue weighted by atomic mass is 9.79. The smallest absolute Gasteiger partial charge is 0.0198 e. The predicted octanol–water partition coefficient (Wildman–Crippen LogP) is 4.35. The van der Waals surface area contributed by atoms with Crippen LogP contribution in [0.25, 0.3) is 5.57 Å². The quantitative estimate of drug-likeness (QED) is 0.854. The summed E-state index contributed by atoms with van der Waals surface area (Å²) in [5.74, 6) is 0.682. The second kappa shape index (κ2) is 5.38. The average Bonchev–Trinajstić information content (AvgIpc) is 2.52. The first kappa shape index (κ1) is 12.7. The van der Waals surface area contributed by atoms with E-state index >= 15 is 0 Å². The van der Waals surface area contributed by atoms with Crippen LogP contribution >= 0.6 is 0 Å². The molecule has 0 bridgehead atoms. The summed E-state index contributed by atoms with van der Waals surface area (Å²) in [6.07, 6.45) is 4.45. The summed E-state index contributed by atoms with van der Waals surface area (Å²) in [5, 5.41) is 0. The molecule has 0 saturated carbocycles. The molecule has 1 aliphatic rings. The van der Waals surface area contributed by atoms with E-state index in [9.17, 15) is 0 Å². The summed E-state index contributed by atoms with van der Waals surface area (Å²) in [7, 11) is 0. The first-order valence-electron chi connectivity index (χ1n) is 7.05.